The van der Waals surface area contributed by atoms with Crippen LogP contribution in [0, 0.1) is 0 Å². The van der Waals surface area contributed by atoms with Gasteiger partial charge in [-0.15, -0.1) is 0 Å². The zero-order valence-electron chi connectivity index (χ0n) is 11.0. The Hall–Kier alpha value is -1.16. The first kappa shape index (κ1) is 13.9. The predicted molar refractivity (Wildman–Crippen MR) is 72.0 cm³/mol. The van der Waals surface area contributed by atoms with E-state index in [-0.39, 0.29) is 0 Å². The number of nitrogens with zero attached hydrogens (tertiary/aromatic N) is 2. The fourth-order valence-corrected chi connectivity index (χ4v) is 1.66. The topological polar surface area (TPSA) is 49.8 Å². The highest BCUT2D eigenvalue weighted by molar-refractivity contribution is 5.22. The van der Waals surface area contributed by atoms with Gasteiger partial charge in [0.25, 0.3) is 0 Å². The molecule has 1 heterocycles. The molecule has 0 saturated carbocycles. The van der Waals surface area contributed by atoms with E-state index in [0.717, 1.165) is 18.7 Å². The molecule has 2 N–H and O–H groups in total. The maximum atomic E-state index is 4.17. The molecule has 0 saturated heterocycles. The molecule has 0 spiro atoms. The molecule has 0 atom stereocenters. The van der Waals surface area contributed by atoms with Gasteiger partial charge in [0.1, 0.15) is 0 Å². The highest BCUT2D eigenvalue weighted by Gasteiger charge is 1.95. The molecule has 0 bridgehead atoms. The van der Waals surface area contributed by atoms with Gasteiger partial charge in [-0.3, -0.25) is 0 Å². The molecule has 0 aliphatic rings. The summed E-state index contributed by atoms with van der Waals surface area (Å²) in [5.41, 5.74) is 1.14. The molecule has 1 aromatic heterocycles. The number of nitrogens with one attached hydrogen (secondary N) is 2. The molecule has 0 fully saturated rings. The van der Waals surface area contributed by atoms with Gasteiger partial charge in [-0.05, 0) is 13.0 Å². The molecule has 0 radical (unpaired) electrons. The molecule has 1 aromatic rings. The van der Waals surface area contributed by atoms with Crippen LogP contribution in [0.3, 0.4) is 0 Å². The molecule has 4 heteroatoms. The maximum Gasteiger partial charge on any atom is 0.222 e. The van der Waals surface area contributed by atoms with E-state index in [4.69, 9.17) is 0 Å². The van der Waals surface area contributed by atoms with Gasteiger partial charge in [-0.25, -0.2) is 9.97 Å². The summed E-state index contributed by atoms with van der Waals surface area (Å²) in [6, 6.07) is 0. The molecule has 96 valence electrons. The van der Waals surface area contributed by atoms with Crippen molar-refractivity contribution < 1.29 is 0 Å². The molecule has 0 amide bonds. The number of hydrogen-bond donors (Lipinski definition) is 2. The summed E-state index contributed by atoms with van der Waals surface area (Å²) in [6.07, 6.45) is 10.3. The van der Waals surface area contributed by atoms with Crippen molar-refractivity contribution in [2.75, 3.05) is 18.9 Å². The van der Waals surface area contributed by atoms with Gasteiger partial charge in [0.05, 0.1) is 0 Å². The zero-order valence-corrected chi connectivity index (χ0v) is 11.0. The van der Waals surface area contributed by atoms with Crippen LogP contribution in [0.1, 0.15) is 44.6 Å². The first-order valence-corrected chi connectivity index (χ1v) is 6.56. The lowest BCUT2D eigenvalue weighted by Crippen LogP contribution is -2.15. The second-order valence-electron chi connectivity index (χ2n) is 4.26. The lowest BCUT2D eigenvalue weighted by Gasteiger charge is -2.05. The highest BCUT2D eigenvalue weighted by atomic mass is 15.1. The number of aromatic nitrogens is 2. The van der Waals surface area contributed by atoms with E-state index in [0.29, 0.717) is 5.95 Å². The fourth-order valence-electron chi connectivity index (χ4n) is 1.66. The quantitative estimate of drug-likeness (QED) is 0.647. The summed E-state index contributed by atoms with van der Waals surface area (Å²) >= 11 is 0. The van der Waals surface area contributed by atoms with Crippen molar-refractivity contribution in [3.05, 3.63) is 18.0 Å². The Bertz CT molecular complexity index is 284. The van der Waals surface area contributed by atoms with Crippen LogP contribution in [0.4, 0.5) is 5.95 Å². The maximum absolute atomic E-state index is 4.17. The Morgan fingerprint density at radius 1 is 1.06 bits per heavy atom. The molecule has 0 aliphatic carbocycles. The van der Waals surface area contributed by atoms with Crippen LogP contribution in [-0.2, 0) is 6.54 Å². The van der Waals surface area contributed by atoms with E-state index in [1.54, 1.807) is 0 Å². The number of unbranched alkanes of at least 4 members (excludes halogenated alkanes) is 4. The Morgan fingerprint density at radius 3 is 2.41 bits per heavy atom. The number of rotatable bonds is 9. The molecule has 4 nitrogen and oxygen atoms in total. The third-order valence-electron chi connectivity index (χ3n) is 2.72. The zero-order chi connectivity index (χ0) is 12.3. The molecule has 0 aliphatic heterocycles. The lowest BCUT2D eigenvalue weighted by molar-refractivity contribution is 0.582. The standard InChI is InChI=1S/C13H24N4/c1-3-4-5-6-7-8-15-9-12-10-16-13(14-2)17-11-12/h10-11,15H,3-9H2,1-2H3,(H,14,16,17). The van der Waals surface area contributed by atoms with Crippen LogP contribution < -0.4 is 10.6 Å². The largest absolute Gasteiger partial charge is 0.357 e. The summed E-state index contributed by atoms with van der Waals surface area (Å²) in [5, 5.41) is 6.32. The fraction of sp³-hybridized carbons (Fsp3) is 0.692. The normalized spacial score (nSPS) is 10.5. The van der Waals surface area contributed by atoms with Gasteiger partial charge in [-0.2, -0.15) is 0 Å². The average Bonchev–Trinajstić information content (AvgIpc) is 2.38. The van der Waals surface area contributed by atoms with Crippen molar-refractivity contribution in [2.45, 2.75) is 45.6 Å². The molecule has 1 rings (SSSR count). The third kappa shape index (κ3) is 6.22. The van der Waals surface area contributed by atoms with Crippen LogP contribution in [0.25, 0.3) is 0 Å². The van der Waals surface area contributed by atoms with Crippen LogP contribution in [0.5, 0.6) is 0 Å². The van der Waals surface area contributed by atoms with Crippen molar-refractivity contribution in [1.29, 1.82) is 0 Å². The van der Waals surface area contributed by atoms with E-state index in [9.17, 15) is 0 Å². The summed E-state index contributed by atoms with van der Waals surface area (Å²) in [6.45, 7) is 4.18. The lowest BCUT2D eigenvalue weighted by atomic mass is 10.1. The molecular weight excluding hydrogens is 212 g/mol. The Kier molecular flexibility index (Phi) is 7.30. The Balaban J connectivity index is 2.05. The number of hydrogen-bond acceptors (Lipinski definition) is 4. The Morgan fingerprint density at radius 2 is 1.76 bits per heavy atom. The summed E-state index contributed by atoms with van der Waals surface area (Å²) in [4.78, 5) is 8.35. The van der Waals surface area contributed by atoms with Gasteiger partial charge in [0.2, 0.25) is 5.95 Å². The first-order valence-electron chi connectivity index (χ1n) is 6.56. The van der Waals surface area contributed by atoms with Crippen molar-refractivity contribution in [2.24, 2.45) is 0 Å². The van der Waals surface area contributed by atoms with Gasteiger partial charge >= 0.3 is 0 Å². The van der Waals surface area contributed by atoms with Crippen molar-refractivity contribution >= 4 is 5.95 Å². The van der Waals surface area contributed by atoms with Crippen LogP contribution in [0.15, 0.2) is 12.4 Å². The van der Waals surface area contributed by atoms with Gasteiger partial charge < -0.3 is 10.6 Å². The minimum atomic E-state index is 0.674. The van der Waals surface area contributed by atoms with Gasteiger partial charge in [0, 0.05) is 31.5 Å². The molecular formula is C13H24N4. The van der Waals surface area contributed by atoms with E-state index in [1.807, 2.05) is 19.4 Å². The molecule has 17 heavy (non-hydrogen) atoms. The summed E-state index contributed by atoms with van der Waals surface area (Å²) < 4.78 is 0. The van der Waals surface area contributed by atoms with Crippen LogP contribution in [-0.4, -0.2) is 23.6 Å². The first-order chi connectivity index (χ1) is 8.36. The Labute approximate surface area is 104 Å². The van der Waals surface area contributed by atoms with Crippen LogP contribution >= 0.6 is 0 Å². The predicted octanol–water partition coefficient (Wildman–Crippen LogP) is 2.58. The van der Waals surface area contributed by atoms with Crippen LogP contribution in [0.2, 0.25) is 0 Å². The van der Waals surface area contributed by atoms with E-state index >= 15 is 0 Å². The SMILES string of the molecule is CCCCCCCNCc1cnc(NC)nc1. The van der Waals surface area contributed by atoms with E-state index in [1.165, 1.54) is 32.1 Å². The molecule has 0 aromatic carbocycles. The monoisotopic (exact) mass is 236 g/mol. The van der Waals surface area contributed by atoms with Gasteiger partial charge in [-0.1, -0.05) is 32.6 Å². The average molecular weight is 236 g/mol. The van der Waals surface area contributed by atoms with Crippen molar-refractivity contribution in [1.82, 2.24) is 15.3 Å². The van der Waals surface area contributed by atoms with Crippen molar-refractivity contribution in [3.63, 3.8) is 0 Å². The summed E-state index contributed by atoms with van der Waals surface area (Å²) in [7, 11) is 1.82. The minimum Gasteiger partial charge on any atom is -0.357 e. The number of anilines is 1. The molecule has 0 unspecified atom stereocenters. The minimum absolute atomic E-state index is 0.674. The second-order valence-corrected chi connectivity index (χ2v) is 4.26. The highest BCUT2D eigenvalue weighted by Crippen LogP contribution is 2.02. The smallest absolute Gasteiger partial charge is 0.222 e. The van der Waals surface area contributed by atoms with Gasteiger partial charge in [0.15, 0.2) is 0 Å². The third-order valence-corrected chi connectivity index (χ3v) is 2.72. The summed E-state index contributed by atoms with van der Waals surface area (Å²) in [5.74, 6) is 0.674. The second kappa shape index (κ2) is 8.93. The van der Waals surface area contributed by atoms with E-state index in [2.05, 4.69) is 27.5 Å². The van der Waals surface area contributed by atoms with Crippen molar-refractivity contribution in [3.8, 4) is 0 Å². The van der Waals surface area contributed by atoms with E-state index < -0.39 is 0 Å².